The monoisotopic (exact) mass is 432 g/mol. The van der Waals surface area contributed by atoms with Crippen LogP contribution in [-0.4, -0.2) is 52.8 Å². The minimum absolute atomic E-state index is 0.141. The van der Waals surface area contributed by atoms with Crippen LogP contribution in [0.2, 0.25) is 5.02 Å². The Morgan fingerprint density at radius 2 is 1.86 bits per heavy atom. The highest BCUT2D eigenvalue weighted by Gasteiger charge is 2.46. The normalized spacial score (nSPS) is 18.8. The standard InChI is InChI=1S/C22H25ClN2O3S/c1-3-24(4-2)12-6-13-25-19(17-7-5-14-29-17)18(21(27)22(25)28)20(26)15-8-10-16(23)11-9-15/h5,7-11,14,19,26H,3-4,6,12-13H2,1-2H3/t19-/m1/s1. The molecule has 0 bridgehead atoms. The summed E-state index contributed by atoms with van der Waals surface area (Å²) < 4.78 is 0. The van der Waals surface area contributed by atoms with Gasteiger partial charge in [-0.2, -0.15) is 0 Å². The number of nitrogens with zero attached hydrogens (tertiary/aromatic N) is 2. The van der Waals surface area contributed by atoms with Crippen LogP contribution in [0.5, 0.6) is 0 Å². The van der Waals surface area contributed by atoms with Crippen LogP contribution in [0.3, 0.4) is 0 Å². The van der Waals surface area contributed by atoms with Crippen LogP contribution in [0.1, 0.15) is 36.8 Å². The van der Waals surface area contributed by atoms with E-state index >= 15 is 0 Å². The van der Waals surface area contributed by atoms with Gasteiger partial charge in [0.15, 0.2) is 0 Å². The molecule has 7 heteroatoms. The van der Waals surface area contributed by atoms with Crippen molar-refractivity contribution < 1.29 is 14.7 Å². The summed E-state index contributed by atoms with van der Waals surface area (Å²) in [5.74, 6) is -1.36. The molecular weight excluding hydrogens is 408 g/mol. The molecular formula is C22H25ClN2O3S. The first kappa shape index (κ1) is 21.6. The van der Waals surface area contributed by atoms with Crippen molar-refractivity contribution in [2.45, 2.75) is 26.3 Å². The largest absolute Gasteiger partial charge is 0.507 e. The van der Waals surface area contributed by atoms with E-state index in [4.69, 9.17) is 11.6 Å². The molecule has 154 valence electrons. The Kier molecular flexibility index (Phi) is 7.11. The second-order valence-corrected chi connectivity index (χ2v) is 8.31. The summed E-state index contributed by atoms with van der Waals surface area (Å²) in [4.78, 5) is 30.4. The van der Waals surface area contributed by atoms with Crippen molar-refractivity contribution in [1.29, 1.82) is 0 Å². The van der Waals surface area contributed by atoms with Gasteiger partial charge in [-0.3, -0.25) is 9.59 Å². The Balaban J connectivity index is 1.95. The number of amides is 1. The van der Waals surface area contributed by atoms with E-state index in [9.17, 15) is 14.7 Å². The molecule has 1 aliphatic heterocycles. The lowest BCUT2D eigenvalue weighted by atomic mass is 10.00. The first-order valence-corrected chi connectivity index (χ1v) is 11.0. The minimum atomic E-state index is -0.640. The first-order valence-electron chi connectivity index (χ1n) is 9.78. The van der Waals surface area contributed by atoms with Crippen molar-refractivity contribution in [3.8, 4) is 0 Å². The summed E-state index contributed by atoms with van der Waals surface area (Å²) in [5, 5.41) is 13.4. The molecule has 2 heterocycles. The average Bonchev–Trinajstić information content (AvgIpc) is 3.33. The molecule has 29 heavy (non-hydrogen) atoms. The quantitative estimate of drug-likeness (QED) is 0.377. The maximum atomic E-state index is 12.9. The van der Waals surface area contributed by atoms with Crippen molar-refractivity contribution in [2.75, 3.05) is 26.2 Å². The first-order chi connectivity index (χ1) is 14.0. The molecule has 0 spiro atoms. The van der Waals surface area contributed by atoms with Gasteiger partial charge >= 0.3 is 0 Å². The molecule has 1 fully saturated rings. The summed E-state index contributed by atoms with van der Waals surface area (Å²) in [5.41, 5.74) is 0.611. The number of carbonyl (C=O) groups excluding carboxylic acids is 2. The number of carbonyl (C=O) groups is 2. The van der Waals surface area contributed by atoms with Crippen LogP contribution in [0.4, 0.5) is 0 Å². The molecule has 5 nitrogen and oxygen atoms in total. The number of likely N-dealkylation sites (tertiary alicyclic amines) is 1. The van der Waals surface area contributed by atoms with E-state index in [1.165, 1.54) is 11.3 Å². The Bertz CT molecular complexity index is 889. The Hall–Kier alpha value is -2.15. The summed E-state index contributed by atoms with van der Waals surface area (Å²) >= 11 is 7.41. The molecule has 3 rings (SSSR count). The highest BCUT2D eigenvalue weighted by molar-refractivity contribution is 7.10. The van der Waals surface area contributed by atoms with E-state index < -0.39 is 17.7 Å². The van der Waals surface area contributed by atoms with Crippen LogP contribution in [-0.2, 0) is 9.59 Å². The molecule has 0 saturated carbocycles. The smallest absolute Gasteiger partial charge is 0.295 e. The van der Waals surface area contributed by atoms with Gasteiger partial charge in [-0.1, -0.05) is 31.5 Å². The number of thiophene rings is 1. The van der Waals surface area contributed by atoms with E-state index in [1.54, 1.807) is 29.2 Å². The molecule has 1 aliphatic rings. The van der Waals surface area contributed by atoms with Crippen molar-refractivity contribution in [3.05, 3.63) is 62.8 Å². The molecule has 0 unspecified atom stereocenters. The van der Waals surface area contributed by atoms with Crippen molar-refractivity contribution in [1.82, 2.24) is 9.80 Å². The van der Waals surface area contributed by atoms with Crippen LogP contribution >= 0.6 is 22.9 Å². The van der Waals surface area contributed by atoms with E-state index in [0.717, 1.165) is 30.9 Å². The van der Waals surface area contributed by atoms with E-state index in [1.807, 2.05) is 17.5 Å². The van der Waals surface area contributed by atoms with Crippen molar-refractivity contribution >= 4 is 40.4 Å². The maximum Gasteiger partial charge on any atom is 0.295 e. The second kappa shape index (κ2) is 9.57. The van der Waals surface area contributed by atoms with Crippen LogP contribution in [0.15, 0.2) is 47.4 Å². The fraction of sp³-hybridized carbons (Fsp3) is 0.364. The lowest BCUT2D eigenvalue weighted by molar-refractivity contribution is -0.139. The predicted octanol–water partition coefficient (Wildman–Crippen LogP) is 4.56. The van der Waals surface area contributed by atoms with Crippen LogP contribution < -0.4 is 0 Å². The minimum Gasteiger partial charge on any atom is -0.507 e. The van der Waals surface area contributed by atoms with Gasteiger partial charge in [-0.05, 0) is 61.8 Å². The molecule has 2 aromatic rings. The number of aliphatic hydroxyl groups excluding tert-OH is 1. The van der Waals surface area contributed by atoms with E-state index in [0.29, 0.717) is 17.1 Å². The van der Waals surface area contributed by atoms with Gasteiger partial charge < -0.3 is 14.9 Å². The third-order valence-electron chi connectivity index (χ3n) is 5.24. The summed E-state index contributed by atoms with van der Waals surface area (Å²) in [7, 11) is 0. The number of rotatable bonds is 8. The number of hydrogen-bond donors (Lipinski definition) is 1. The Labute approximate surface area is 180 Å². The van der Waals surface area contributed by atoms with Gasteiger partial charge in [0.1, 0.15) is 5.76 Å². The zero-order valence-corrected chi connectivity index (χ0v) is 18.2. The Morgan fingerprint density at radius 3 is 2.45 bits per heavy atom. The maximum absolute atomic E-state index is 12.9. The third kappa shape index (κ3) is 4.55. The molecule has 1 aromatic heterocycles. The van der Waals surface area contributed by atoms with Crippen LogP contribution in [0, 0.1) is 0 Å². The van der Waals surface area contributed by atoms with Crippen molar-refractivity contribution in [2.24, 2.45) is 0 Å². The van der Waals surface area contributed by atoms with Gasteiger partial charge in [-0.25, -0.2) is 0 Å². The Morgan fingerprint density at radius 1 is 1.17 bits per heavy atom. The zero-order valence-electron chi connectivity index (χ0n) is 16.6. The number of benzene rings is 1. The summed E-state index contributed by atoms with van der Waals surface area (Å²) in [6.45, 7) is 7.41. The van der Waals surface area contributed by atoms with Gasteiger partial charge in [0.05, 0.1) is 11.6 Å². The van der Waals surface area contributed by atoms with Gasteiger partial charge in [-0.15, -0.1) is 11.3 Å². The van der Waals surface area contributed by atoms with Gasteiger partial charge in [0, 0.05) is 22.0 Å². The molecule has 1 amide bonds. The summed E-state index contributed by atoms with van der Waals surface area (Å²) in [6, 6.07) is 9.82. The third-order valence-corrected chi connectivity index (χ3v) is 6.41. The van der Waals surface area contributed by atoms with Gasteiger partial charge in [0.2, 0.25) is 0 Å². The highest BCUT2D eigenvalue weighted by Crippen LogP contribution is 2.41. The number of halogens is 1. The molecule has 1 atom stereocenters. The SMILES string of the molecule is CCN(CC)CCCN1C(=O)C(=O)C(=C(O)c2ccc(Cl)cc2)[C@H]1c1cccs1. The van der Waals surface area contributed by atoms with Gasteiger partial charge in [0.25, 0.3) is 11.7 Å². The number of hydrogen-bond acceptors (Lipinski definition) is 5. The summed E-state index contributed by atoms with van der Waals surface area (Å²) in [6.07, 6.45) is 0.761. The molecule has 0 radical (unpaired) electrons. The number of ketones is 1. The fourth-order valence-corrected chi connectivity index (χ4v) is 4.59. The number of aliphatic hydroxyl groups is 1. The topological polar surface area (TPSA) is 60.9 Å². The molecule has 1 N–H and O–H groups in total. The average molecular weight is 433 g/mol. The number of Topliss-reactive ketones (excluding diaryl/α,β-unsaturated/α-hetero) is 1. The van der Waals surface area contributed by atoms with E-state index in [-0.39, 0.29) is 11.3 Å². The fourth-order valence-electron chi connectivity index (χ4n) is 3.62. The second-order valence-electron chi connectivity index (χ2n) is 6.90. The molecule has 1 saturated heterocycles. The zero-order chi connectivity index (χ0) is 21.0. The lowest BCUT2D eigenvalue weighted by Gasteiger charge is -2.25. The van der Waals surface area contributed by atoms with Crippen LogP contribution in [0.25, 0.3) is 5.76 Å². The lowest BCUT2D eigenvalue weighted by Crippen LogP contribution is -2.33. The molecule has 1 aromatic carbocycles. The molecule has 0 aliphatic carbocycles. The van der Waals surface area contributed by atoms with Crippen molar-refractivity contribution in [3.63, 3.8) is 0 Å². The predicted molar refractivity (Wildman–Crippen MR) is 117 cm³/mol. The van der Waals surface area contributed by atoms with E-state index in [2.05, 4.69) is 18.7 Å². The highest BCUT2D eigenvalue weighted by atomic mass is 35.5.